The van der Waals surface area contributed by atoms with E-state index in [-0.39, 0.29) is 5.92 Å². The summed E-state index contributed by atoms with van der Waals surface area (Å²) < 4.78 is 0. The van der Waals surface area contributed by atoms with Crippen LogP contribution >= 0.6 is 11.6 Å². The van der Waals surface area contributed by atoms with Gasteiger partial charge in [0.1, 0.15) is 11.0 Å². The highest BCUT2D eigenvalue weighted by Gasteiger charge is 2.26. The Morgan fingerprint density at radius 1 is 0.939 bits per heavy atom. The second-order valence-corrected chi connectivity index (χ2v) is 8.58. The van der Waals surface area contributed by atoms with Crippen LogP contribution in [0.3, 0.4) is 0 Å². The molecule has 0 saturated heterocycles. The van der Waals surface area contributed by atoms with Gasteiger partial charge in [-0.05, 0) is 35.6 Å². The molecule has 4 rings (SSSR count). The molecule has 0 spiro atoms. The Balaban J connectivity index is 1.62. The van der Waals surface area contributed by atoms with Crippen LogP contribution in [0.25, 0.3) is 0 Å². The summed E-state index contributed by atoms with van der Waals surface area (Å²) in [7, 11) is 0. The molecule has 0 N–H and O–H groups in total. The fourth-order valence-electron chi connectivity index (χ4n) is 4.13. The van der Waals surface area contributed by atoms with E-state index in [4.69, 9.17) is 11.6 Å². The molecule has 2 aromatic carbocycles. The van der Waals surface area contributed by atoms with Crippen molar-refractivity contribution in [3.05, 3.63) is 138 Å². The van der Waals surface area contributed by atoms with Crippen molar-refractivity contribution in [1.29, 1.82) is 0 Å². The standard InChI is InChI=1S/C29H28ClN3/c1-22(15-16-24-10-5-3-6-11-24)29(26-12-7-4-8-13-26)23(2)33(28-14-9-19-31-28)21-25-17-18-27(30)32-20-25/h3-13,17-20,29H,1-2,14-16,21H2. The van der Waals surface area contributed by atoms with Gasteiger partial charge < -0.3 is 4.90 Å². The Kier molecular flexibility index (Phi) is 7.54. The van der Waals surface area contributed by atoms with Crippen molar-refractivity contribution in [1.82, 2.24) is 9.88 Å². The van der Waals surface area contributed by atoms with Crippen LogP contribution in [0.5, 0.6) is 0 Å². The highest BCUT2D eigenvalue weighted by molar-refractivity contribution is 6.29. The van der Waals surface area contributed by atoms with Gasteiger partial charge in [-0.1, -0.05) is 103 Å². The maximum atomic E-state index is 6.01. The Morgan fingerprint density at radius 3 is 2.30 bits per heavy atom. The summed E-state index contributed by atoms with van der Waals surface area (Å²) in [4.78, 5) is 11.1. The van der Waals surface area contributed by atoms with Gasteiger partial charge in [0.15, 0.2) is 0 Å². The van der Waals surface area contributed by atoms with Gasteiger partial charge in [0.25, 0.3) is 0 Å². The second-order valence-electron chi connectivity index (χ2n) is 8.19. The number of halogens is 1. The number of aliphatic imine (C=N–C) groups is 1. The maximum absolute atomic E-state index is 6.01. The number of amidine groups is 1. The molecule has 0 saturated carbocycles. The molecule has 166 valence electrons. The van der Waals surface area contributed by atoms with Crippen molar-refractivity contribution in [3.63, 3.8) is 0 Å². The lowest BCUT2D eigenvalue weighted by molar-refractivity contribution is 0.470. The van der Waals surface area contributed by atoms with Crippen LogP contribution in [-0.4, -0.2) is 15.7 Å². The number of hydrogen-bond acceptors (Lipinski definition) is 3. The van der Waals surface area contributed by atoms with Crippen molar-refractivity contribution in [2.75, 3.05) is 0 Å². The minimum atomic E-state index is -0.0153. The van der Waals surface area contributed by atoms with E-state index < -0.39 is 0 Å². The monoisotopic (exact) mass is 453 g/mol. The zero-order chi connectivity index (χ0) is 23.0. The largest absolute Gasteiger partial charge is 0.329 e. The van der Waals surface area contributed by atoms with Gasteiger partial charge in [0.2, 0.25) is 0 Å². The van der Waals surface area contributed by atoms with E-state index in [0.29, 0.717) is 11.7 Å². The predicted octanol–water partition coefficient (Wildman–Crippen LogP) is 7.34. The average molecular weight is 454 g/mol. The molecule has 1 atom stereocenters. The highest BCUT2D eigenvalue weighted by atomic mass is 35.5. The number of nitrogens with zero attached hydrogens (tertiary/aromatic N) is 3. The first-order chi connectivity index (χ1) is 16.1. The predicted molar refractivity (Wildman–Crippen MR) is 138 cm³/mol. The molecular weight excluding hydrogens is 426 g/mol. The number of pyridine rings is 1. The Hall–Kier alpha value is -3.43. The molecule has 3 nitrogen and oxygen atoms in total. The quantitative estimate of drug-likeness (QED) is 0.250. The number of benzene rings is 2. The van der Waals surface area contributed by atoms with Crippen LogP contribution in [0.2, 0.25) is 5.15 Å². The molecule has 1 unspecified atom stereocenters. The van der Waals surface area contributed by atoms with Crippen molar-refractivity contribution >= 4 is 17.4 Å². The minimum Gasteiger partial charge on any atom is -0.329 e. The molecule has 0 bridgehead atoms. The SMILES string of the molecule is C=C(CCc1ccccc1)C(C(=C)N(Cc1ccc(Cl)nc1)C1=NC=CC1)c1ccccc1. The van der Waals surface area contributed by atoms with Crippen LogP contribution in [0.4, 0.5) is 0 Å². The summed E-state index contributed by atoms with van der Waals surface area (Å²) in [5, 5.41) is 0.487. The van der Waals surface area contributed by atoms with Gasteiger partial charge in [0.05, 0.1) is 6.54 Å². The minimum absolute atomic E-state index is 0.0153. The molecule has 2 heterocycles. The van der Waals surface area contributed by atoms with Gasteiger partial charge >= 0.3 is 0 Å². The van der Waals surface area contributed by atoms with Crippen molar-refractivity contribution < 1.29 is 0 Å². The van der Waals surface area contributed by atoms with Crippen molar-refractivity contribution in [2.45, 2.75) is 31.7 Å². The molecule has 1 aromatic heterocycles. The van der Waals surface area contributed by atoms with Gasteiger partial charge in [0, 0.05) is 30.4 Å². The van der Waals surface area contributed by atoms with Gasteiger partial charge in [-0.3, -0.25) is 0 Å². The molecule has 3 aromatic rings. The van der Waals surface area contributed by atoms with E-state index in [2.05, 4.69) is 82.6 Å². The zero-order valence-corrected chi connectivity index (χ0v) is 19.5. The molecule has 33 heavy (non-hydrogen) atoms. The van der Waals surface area contributed by atoms with Gasteiger partial charge in [-0.15, -0.1) is 0 Å². The van der Waals surface area contributed by atoms with Gasteiger partial charge in [-0.25, -0.2) is 9.98 Å². The number of allylic oxidation sites excluding steroid dienone is 1. The summed E-state index contributed by atoms with van der Waals surface area (Å²) in [6, 6.07) is 24.9. The van der Waals surface area contributed by atoms with Crippen LogP contribution in [0.1, 0.15) is 35.4 Å². The highest BCUT2D eigenvalue weighted by Crippen LogP contribution is 2.36. The van der Waals surface area contributed by atoms with Gasteiger partial charge in [-0.2, -0.15) is 0 Å². The lowest BCUT2D eigenvalue weighted by atomic mass is 9.85. The normalized spacial score (nSPS) is 13.4. The number of hydrogen-bond donors (Lipinski definition) is 0. The number of aryl methyl sites for hydroxylation is 1. The zero-order valence-electron chi connectivity index (χ0n) is 18.7. The Labute approximate surface area is 201 Å². The lowest BCUT2D eigenvalue weighted by Gasteiger charge is -2.33. The molecule has 0 aliphatic carbocycles. The van der Waals surface area contributed by atoms with E-state index in [9.17, 15) is 0 Å². The fraction of sp³-hybridized carbons (Fsp3) is 0.172. The first kappa shape index (κ1) is 22.8. The third-order valence-electron chi connectivity index (χ3n) is 5.87. The van der Waals surface area contributed by atoms with Crippen molar-refractivity contribution in [2.24, 2.45) is 4.99 Å². The summed E-state index contributed by atoms with van der Waals surface area (Å²) >= 11 is 6.01. The Bertz CT molecular complexity index is 1150. The number of rotatable bonds is 9. The fourth-order valence-corrected chi connectivity index (χ4v) is 4.24. The topological polar surface area (TPSA) is 28.5 Å². The molecule has 4 heteroatoms. The molecule has 0 radical (unpaired) electrons. The van der Waals surface area contributed by atoms with E-state index in [1.54, 1.807) is 0 Å². The second kappa shape index (κ2) is 10.9. The molecule has 0 amide bonds. The van der Waals surface area contributed by atoms with Crippen LogP contribution in [-0.2, 0) is 13.0 Å². The Morgan fingerprint density at radius 2 is 1.67 bits per heavy atom. The van der Waals surface area contributed by atoms with Crippen LogP contribution in [0, 0.1) is 0 Å². The summed E-state index contributed by atoms with van der Waals surface area (Å²) in [5.41, 5.74) is 5.66. The maximum Gasteiger partial charge on any atom is 0.129 e. The molecule has 1 aliphatic rings. The third kappa shape index (κ3) is 5.88. The van der Waals surface area contributed by atoms with E-state index in [0.717, 1.165) is 41.9 Å². The summed E-state index contributed by atoms with van der Waals surface area (Å²) in [5.74, 6) is 0.963. The first-order valence-electron chi connectivity index (χ1n) is 11.2. The van der Waals surface area contributed by atoms with E-state index >= 15 is 0 Å². The van der Waals surface area contributed by atoms with Crippen molar-refractivity contribution in [3.8, 4) is 0 Å². The average Bonchev–Trinajstić information content (AvgIpc) is 3.38. The molecule has 1 aliphatic heterocycles. The van der Waals surface area contributed by atoms with Crippen LogP contribution < -0.4 is 0 Å². The molecular formula is C29H28ClN3. The van der Waals surface area contributed by atoms with E-state index in [1.807, 2.05) is 36.7 Å². The lowest BCUT2D eigenvalue weighted by Crippen LogP contribution is -2.31. The summed E-state index contributed by atoms with van der Waals surface area (Å²) in [6.07, 6.45) is 8.34. The third-order valence-corrected chi connectivity index (χ3v) is 6.09. The van der Waals surface area contributed by atoms with Crippen LogP contribution in [0.15, 0.2) is 121 Å². The summed E-state index contributed by atoms with van der Waals surface area (Å²) in [6.45, 7) is 9.72. The number of aromatic nitrogens is 1. The van der Waals surface area contributed by atoms with E-state index in [1.165, 1.54) is 11.1 Å². The molecule has 0 fully saturated rings. The smallest absolute Gasteiger partial charge is 0.129 e. The first-order valence-corrected chi connectivity index (χ1v) is 11.5.